The number of Topliss-reactive ketones (excluding diaryl/α,β-unsaturated/α-hetero) is 1. The molecule has 0 saturated carbocycles. The number of aromatic nitrogens is 1. The van der Waals surface area contributed by atoms with Gasteiger partial charge in [-0.1, -0.05) is 12.1 Å². The minimum atomic E-state index is -0.0645. The first-order valence-corrected chi connectivity index (χ1v) is 5.23. The van der Waals surface area contributed by atoms with E-state index in [2.05, 4.69) is 4.98 Å². The second-order valence-corrected chi connectivity index (χ2v) is 3.69. The van der Waals surface area contributed by atoms with Gasteiger partial charge in [0.1, 0.15) is 11.8 Å². The number of oxazole rings is 1. The Bertz CT molecular complexity index is 619. The fraction of sp³-hybridized carbons (Fsp3) is 0.0769. The fourth-order valence-electron chi connectivity index (χ4n) is 1.66. The number of hydrogen-bond donors (Lipinski definition) is 0. The van der Waals surface area contributed by atoms with Gasteiger partial charge in [0.05, 0.1) is 18.2 Å². The standard InChI is InChI=1S/C13H9NO3/c15-11(9-5-6-16-8-9)7-13-14-10-3-1-2-4-12(10)17-13/h1-6,8H,7H2. The van der Waals surface area contributed by atoms with Gasteiger partial charge in [-0.15, -0.1) is 0 Å². The van der Waals surface area contributed by atoms with E-state index in [9.17, 15) is 4.79 Å². The van der Waals surface area contributed by atoms with Crippen molar-refractivity contribution in [1.29, 1.82) is 0 Å². The van der Waals surface area contributed by atoms with Crippen LogP contribution in [0.15, 0.2) is 51.7 Å². The molecular weight excluding hydrogens is 218 g/mol. The molecule has 0 N–H and O–H groups in total. The number of benzene rings is 1. The van der Waals surface area contributed by atoms with E-state index in [0.717, 1.165) is 5.52 Å². The predicted molar refractivity (Wildman–Crippen MR) is 60.8 cm³/mol. The average molecular weight is 227 g/mol. The van der Waals surface area contributed by atoms with E-state index < -0.39 is 0 Å². The van der Waals surface area contributed by atoms with Crippen molar-refractivity contribution in [1.82, 2.24) is 4.98 Å². The Morgan fingerprint density at radius 2 is 2.12 bits per heavy atom. The molecule has 3 rings (SSSR count). The normalized spacial score (nSPS) is 10.8. The molecule has 0 spiro atoms. The Morgan fingerprint density at radius 3 is 2.88 bits per heavy atom. The lowest BCUT2D eigenvalue weighted by Gasteiger charge is -1.91. The van der Waals surface area contributed by atoms with Gasteiger partial charge in [0.15, 0.2) is 11.4 Å². The summed E-state index contributed by atoms with van der Waals surface area (Å²) in [5.74, 6) is 0.364. The zero-order chi connectivity index (χ0) is 11.7. The largest absolute Gasteiger partial charge is 0.472 e. The van der Waals surface area contributed by atoms with Gasteiger partial charge >= 0.3 is 0 Å². The smallest absolute Gasteiger partial charge is 0.203 e. The average Bonchev–Trinajstić information content (AvgIpc) is 2.97. The molecule has 0 saturated heterocycles. The highest BCUT2D eigenvalue weighted by atomic mass is 16.3. The SMILES string of the molecule is O=C(Cc1nc2ccccc2o1)c1ccoc1. The van der Waals surface area contributed by atoms with Crippen molar-refractivity contribution >= 4 is 16.9 Å². The summed E-state index contributed by atoms with van der Waals surface area (Å²) >= 11 is 0. The lowest BCUT2D eigenvalue weighted by atomic mass is 10.2. The Balaban J connectivity index is 1.88. The first kappa shape index (κ1) is 9.84. The van der Waals surface area contributed by atoms with E-state index in [0.29, 0.717) is 17.0 Å². The van der Waals surface area contributed by atoms with Gasteiger partial charge < -0.3 is 8.83 Å². The molecule has 2 aromatic heterocycles. The Kier molecular flexibility index (Phi) is 2.26. The van der Waals surface area contributed by atoms with Crippen LogP contribution in [0.25, 0.3) is 11.1 Å². The van der Waals surface area contributed by atoms with Gasteiger partial charge in [0.2, 0.25) is 5.89 Å². The molecule has 4 heteroatoms. The summed E-state index contributed by atoms with van der Waals surface area (Å²) < 4.78 is 10.3. The third-order valence-corrected chi connectivity index (χ3v) is 2.49. The molecule has 17 heavy (non-hydrogen) atoms. The van der Waals surface area contributed by atoms with Gasteiger partial charge in [-0.25, -0.2) is 4.98 Å². The second-order valence-electron chi connectivity index (χ2n) is 3.69. The van der Waals surface area contributed by atoms with E-state index in [1.54, 1.807) is 6.07 Å². The minimum Gasteiger partial charge on any atom is -0.472 e. The highest BCUT2D eigenvalue weighted by molar-refractivity contribution is 5.96. The highest BCUT2D eigenvalue weighted by Gasteiger charge is 2.12. The number of rotatable bonds is 3. The molecule has 0 amide bonds. The maximum absolute atomic E-state index is 11.8. The number of carbonyl (C=O) groups is 1. The molecule has 0 bridgehead atoms. The van der Waals surface area contributed by atoms with Crippen molar-refractivity contribution in [2.45, 2.75) is 6.42 Å². The first-order valence-electron chi connectivity index (χ1n) is 5.23. The van der Waals surface area contributed by atoms with Gasteiger partial charge in [-0.3, -0.25) is 4.79 Å². The van der Waals surface area contributed by atoms with E-state index in [1.165, 1.54) is 12.5 Å². The molecule has 0 fully saturated rings. The predicted octanol–water partition coefficient (Wildman–Crippen LogP) is 2.85. The third-order valence-electron chi connectivity index (χ3n) is 2.49. The van der Waals surface area contributed by atoms with Crippen LogP contribution in [0, 0.1) is 0 Å². The molecule has 0 aliphatic heterocycles. The van der Waals surface area contributed by atoms with Gasteiger partial charge in [0.25, 0.3) is 0 Å². The summed E-state index contributed by atoms with van der Waals surface area (Å²) in [6, 6.07) is 9.06. The highest BCUT2D eigenvalue weighted by Crippen LogP contribution is 2.16. The molecule has 0 atom stereocenters. The third kappa shape index (κ3) is 1.85. The van der Waals surface area contributed by atoms with Crippen LogP contribution in [0.1, 0.15) is 16.2 Å². The van der Waals surface area contributed by atoms with Crippen molar-refractivity contribution < 1.29 is 13.6 Å². The van der Waals surface area contributed by atoms with E-state index in [4.69, 9.17) is 8.83 Å². The summed E-state index contributed by atoms with van der Waals surface area (Å²) in [7, 11) is 0. The Morgan fingerprint density at radius 1 is 1.24 bits per heavy atom. The molecule has 1 aromatic carbocycles. The molecule has 0 radical (unpaired) electrons. The molecule has 4 nitrogen and oxygen atoms in total. The van der Waals surface area contributed by atoms with Crippen LogP contribution in [-0.2, 0) is 6.42 Å². The summed E-state index contributed by atoms with van der Waals surface area (Å²) in [4.78, 5) is 16.0. The van der Waals surface area contributed by atoms with E-state index in [1.807, 2.05) is 24.3 Å². The quantitative estimate of drug-likeness (QED) is 0.645. The van der Waals surface area contributed by atoms with Crippen molar-refractivity contribution in [3.8, 4) is 0 Å². The molecule has 2 heterocycles. The topological polar surface area (TPSA) is 56.2 Å². The first-order chi connectivity index (χ1) is 8.33. The van der Waals surface area contributed by atoms with Crippen LogP contribution in [0.3, 0.4) is 0 Å². The van der Waals surface area contributed by atoms with Crippen LogP contribution in [0.4, 0.5) is 0 Å². The Labute approximate surface area is 96.9 Å². The zero-order valence-corrected chi connectivity index (χ0v) is 8.92. The molecule has 3 aromatic rings. The van der Waals surface area contributed by atoms with Crippen LogP contribution in [-0.4, -0.2) is 10.8 Å². The lowest BCUT2D eigenvalue weighted by Crippen LogP contribution is -2.01. The molecule has 0 aliphatic rings. The number of fused-ring (bicyclic) bond motifs is 1. The summed E-state index contributed by atoms with van der Waals surface area (Å²) in [6.45, 7) is 0. The van der Waals surface area contributed by atoms with Crippen LogP contribution in [0.2, 0.25) is 0 Å². The van der Waals surface area contributed by atoms with Gasteiger partial charge in [-0.2, -0.15) is 0 Å². The molecule has 84 valence electrons. The zero-order valence-electron chi connectivity index (χ0n) is 8.92. The maximum Gasteiger partial charge on any atom is 0.203 e. The van der Waals surface area contributed by atoms with Crippen molar-refractivity contribution in [3.63, 3.8) is 0 Å². The summed E-state index contributed by atoms with van der Waals surface area (Å²) in [5.41, 5.74) is 2.00. The minimum absolute atomic E-state index is 0.0645. The number of ketones is 1. The number of carbonyl (C=O) groups excluding carboxylic acids is 1. The van der Waals surface area contributed by atoms with Crippen LogP contribution in [0.5, 0.6) is 0 Å². The van der Waals surface area contributed by atoms with Crippen molar-refractivity contribution in [2.75, 3.05) is 0 Å². The van der Waals surface area contributed by atoms with E-state index >= 15 is 0 Å². The number of nitrogens with zero attached hydrogens (tertiary/aromatic N) is 1. The molecule has 0 unspecified atom stereocenters. The van der Waals surface area contributed by atoms with E-state index in [-0.39, 0.29) is 12.2 Å². The molecule has 0 aliphatic carbocycles. The van der Waals surface area contributed by atoms with Crippen LogP contribution < -0.4 is 0 Å². The maximum atomic E-state index is 11.8. The second kappa shape index (κ2) is 3.90. The van der Waals surface area contributed by atoms with Crippen molar-refractivity contribution in [2.24, 2.45) is 0 Å². The number of para-hydroxylation sites is 2. The Hall–Kier alpha value is -2.36. The number of furan rings is 1. The fourth-order valence-corrected chi connectivity index (χ4v) is 1.66. The van der Waals surface area contributed by atoms with Crippen LogP contribution >= 0.6 is 0 Å². The molecular formula is C13H9NO3. The van der Waals surface area contributed by atoms with Crippen molar-refractivity contribution in [3.05, 3.63) is 54.3 Å². The van der Waals surface area contributed by atoms with Gasteiger partial charge in [0, 0.05) is 0 Å². The lowest BCUT2D eigenvalue weighted by molar-refractivity contribution is 0.0985. The summed E-state index contributed by atoms with van der Waals surface area (Å²) in [5, 5.41) is 0. The monoisotopic (exact) mass is 227 g/mol. The number of hydrogen-bond acceptors (Lipinski definition) is 4. The van der Waals surface area contributed by atoms with Gasteiger partial charge in [-0.05, 0) is 18.2 Å². The summed E-state index contributed by atoms with van der Waals surface area (Å²) in [6.07, 6.45) is 3.04.